The summed E-state index contributed by atoms with van der Waals surface area (Å²) in [6, 6.07) is 5.81. The van der Waals surface area contributed by atoms with Crippen molar-refractivity contribution >= 4 is 18.3 Å². The predicted octanol–water partition coefficient (Wildman–Crippen LogP) is 3.14. The van der Waals surface area contributed by atoms with E-state index in [1.165, 1.54) is 12.1 Å². The summed E-state index contributed by atoms with van der Waals surface area (Å²) in [4.78, 5) is 14.1. The summed E-state index contributed by atoms with van der Waals surface area (Å²) in [6.07, 6.45) is -2.95. The van der Waals surface area contributed by atoms with E-state index in [9.17, 15) is 18.0 Å². The first-order chi connectivity index (χ1) is 10.8. The van der Waals surface area contributed by atoms with Crippen molar-refractivity contribution in [1.82, 2.24) is 4.90 Å². The van der Waals surface area contributed by atoms with Gasteiger partial charge in [-0.1, -0.05) is 12.1 Å². The topological polar surface area (TPSA) is 55.6 Å². The minimum Gasteiger partial charge on any atom is -0.406 e. The van der Waals surface area contributed by atoms with Gasteiger partial charge in [0.25, 0.3) is 0 Å². The minimum atomic E-state index is -4.69. The quantitative estimate of drug-likeness (QED) is 0.871. The molecule has 4 nitrogen and oxygen atoms in total. The first-order valence-corrected chi connectivity index (χ1v) is 7.62. The fraction of sp³-hybridized carbons (Fsp3) is 0.562. The fourth-order valence-corrected chi connectivity index (χ4v) is 2.91. The molecule has 24 heavy (non-hydrogen) atoms. The van der Waals surface area contributed by atoms with Gasteiger partial charge in [-0.15, -0.1) is 25.6 Å². The van der Waals surface area contributed by atoms with Crippen LogP contribution in [0, 0.1) is 5.92 Å². The Balaban J connectivity index is 0.00000288. The maximum atomic E-state index is 12.3. The Morgan fingerprint density at radius 1 is 1.33 bits per heavy atom. The maximum Gasteiger partial charge on any atom is 0.573 e. The molecule has 1 saturated heterocycles. The average Bonchev–Trinajstić information content (AvgIpc) is 2.86. The van der Waals surface area contributed by atoms with Crippen molar-refractivity contribution in [2.24, 2.45) is 11.7 Å². The molecule has 2 N–H and O–H groups in total. The Hall–Kier alpha value is -1.47. The van der Waals surface area contributed by atoms with E-state index in [0.29, 0.717) is 31.8 Å². The number of ether oxygens (including phenoxy) is 1. The van der Waals surface area contributed by atoms with Gasteiger partial charge in [-0.2, -0.15) is 0 Å². The van der Waals surface area contributed by atoms with Crippen LogP contribution in [0.25, 0.3) is 0 Å². The number of carbonyl (C=O) groups is 1. The third-order valence-corrected chi connectivity index (χ3v) is 4.10. The first-order valence-electron chi connectivity index (χ1n) is 7.62. The number of amides is 1. The molecule has 136 valence electrons. The van der Waals surface area contributed by atoms with Crippen LogP contribution < -0.4 is 10.5 Å². The van der Waals surface area contributed by atoms with Crippen LogP contribution in [0.1, 0.15) is 25.3 Å². The second kappa shape index (κ2) is 8.58. The van der Waals surface area contributed by atoms with Crippen LogP contribution >= 0.6 is 12.4 Å². The number of nitrogens with two attached hydrogens (primary N) is 1. The molecule has 1 amide bonds. The predicted molar refractivity (Wildman–Crippen MR) is 87.0 cm³/mol. The number of halogens is 4. The summed E-state index contributed by atoms with van der Waals surface area (Å²) in [5.74, 6) is 0.156. The van der Waals surface area contributed by atoms with Gasteiger partial charge in [0.05, 0.1) is 0 Å². The van der Waals surface area contributed by atoms with Crippen molar-refractivity contribution in [1.29, 1.82) is 0 Å². The molecule has 1 aromatic rings. The van der Waals surface area contributed by atoms with E-state index in [1.807, 2.05) is 11.8 Å². The van der Waals surface area contributed by atoms with Gasteiger partial charge in [0.1, 0.15) is 5.75 Å². The van der Waals surface area contributed by atoms with Crippen molar-refractivity contribution in [2.45, 2.75) is 38.6 Å². The first kappa shape index (κ1) is 20.6. The summed E-state index contributed by atoms with van der Waals surface area (Å²) in [6.45, 7) is 3.28. The fourth-order valence-electron chi connectivity index (χ4n) is 2.91. The number of rotatable bonds is 5. The number of carbonyl (C=O) groups excluding carboxylic acids is 1. The zero-order valence-corrected chi connectivity index (χ0v) is 14.2. The summed E-state index contributed by atoms with van der Waals surface area (Å²) < 4.78 is 40.1. The zero-order chi connectivity index (χ0) is 17.0. The lowest BCUT2D eigenvalue weighted by atomic mass is 10.1. The van der Waals surface area contributed by atoms with Gasteiger partial charge in [-0.05, 0) is 49.9 Å². The molecule has 8 heteroatoms. The van der Waals surface area contributed by atoms with E-state index >= 15 is 0 Å². The largest absolute Gasteiger partial charge is 0.573 e. The highest BCUT2D eigenvalue weighted by atomic mass is 35.5. The third-order valence-electron chi connectivity index (χ3n) is 4.10. The van der Waals surface area contributed by atoms with E-state index in [4.69, 9.17) is 5.73 Å². The highest BCUT2D eigenvalue weighted by Gasteiger charge is 2.32. The van der Waals surface area contributed by atoms with Crippen LogP contribution in [-0.4, -0.2) is 36.3 Å². The van der Waals surface area contributed by atoms with Gasteiger partial charge in [0.15, 0.2) is 0 Å². The molecule has 2 unspecified atom stereocenters. The maximum absolute atomic E-state index is 12.3. The molecule has 0 aliphatic carbocycles. The van der Waals surface area contributed by atoms with Crippen molar-refractivity contribution in [2.75, 3.05) is 13.1 Å². The molecule has 0 bridgehead atoms. The molecular formula is C16H22ClF3N2O2. The normalized spacial score (nSPS) is 20.6. The van der Waals surface area contributed by atoms with E-state index < -0.39 is 6.36 Å². The lowest BCUT2D eigenvalue weighted by Gasteiger charge is -2.21. The number of alkyl halides is 3. The van der Waals surface area contributed by atoms with Crippen LogP contribution in [0.5, 0.6) is 5.75 Å². The Kier molecular flexibility index (Phi) is 7.35. The lowest BCUT2D eigenvalue weighted by Crippen LogP contribution is -2.34. The standard InChI is InChI=1S/C16H21F3N2O2.ClH/c1-11-8-13(9-20)10-21(11)15(22)7-4-12-2-5-14(6-3-12)23-16(17,18)19;/h2-3,5-6,11,13H,4,7-10,20H2,1H3;1H. The Morgan fingerprint density at radius 3 is 2.46 bits per heavy atom. The summed E-state index contributed by atoms with van der Waals surface area (Å²) in [5, 5.41) is 0. The summed E-state index contributed by atoms with van der Waals surface area (Å²) >= 11 is 0. The molecule has 1 aromatic carbocycles. The van der Waals surface area contributed by atoms with Gasteiger partial charge in [0.2, 0.25) is 5.91 Å². The second-order valence-electron chi connectivity index (χ2n) is 5.92. The van der Waals surface area contributed by atoms with Gasteiger partial charge >= 0.3 is 6.36 Å². The zero-order valence-electron chi connectivity index (χ0n) is 13.4. The molecule has 1 aliphatic heterocycles. The van der Waals surface area contributed by atoms with Crippen LogP contribution in [0.3, 0.4) is 0 Å². The van der Waals surface area contributed by atoms with Crippen molar-refractivity contribution in [3.8, 4) is 5.75 Å². The number of benzene rings is 1. The minimum absolute atomic E-state index is 0. The van der Waals surface area contributed by atoms with Gasteiger partial charge in [0, 0.05) is 19.0 Å². The highest BCUT2D eigenvalue weighted by molar-refractivity contribution is 5.85. The molecule has 1 fully saturated rings. The van der Waals surface area contributed by atoms with Crippen LogP contribution in [0.4, 0.5) is 13.2 Å². The number of aryl methyl sites for hydroxylation is 1. The van der Waals surface area contributed by atoms with E-state index in [2.05, 4.69) is 4.74 Å². The monoisotopic (exact) mass is 366 g/mol. The van der Waals surface area contributed by atoms with Gasteiger partial charge in [-0.3, -0.25) is 4.79 Å². The molecule has 1 heterocycles. The number of hydrogen-bond acceptors (Lipinski definition) is 3. The van der Waals surface area contributed by atoms with E-state index in [1.54, 1.807) is 12.1 Å². The second-order valence-corrected chi connectivity index (χ2v) is 5.92. The molecule has 1 aliphatic rings. The molecule has 0 radical (unpaired) electrons. The van der Waals surface area contributed by atoms with E-state index in [-0.39, 0.29) is 30.1 Å². The SMILES string of the molecule is CC1CC(CN)CN1C(=O)CCc1ccc(OC(F)(F)F)cc1.Cl. The molecule has 2 atom stereocenters. The van der Waals surface area contributed by atoms with Crippen LogP contribution in [0.2, 0.25) is 0 Å². The van der Waals surface area contributed by atoms with E-state index in [0.717, 1.165) is 12.0 Å². The van der Waals surface area contributed by atoms with Gasteiger partial charge in [-0.25, -0.2) is 0 Å². The molecule has 0 aromatic heterocycles. The molecule has 2 rings (SSSR count). The van der Waals surface area contributed by atoms with Crippen molar-refractivity contribution < 1.29 is 22.7 Å². The molecule has 0 spiro atoms. The third kappa shape index (κ3) is 5.87. The Morgan fingerprint density at radius 2 is 1.96 bits per heavy atom. The molecule has 0 saturated carbocycles. The van der Waals surface area contributed by atoms with Crippen molar-refractivity contribution in [3.63, 3.8) is 0 Å². The summed E-state index contributed by atoms with van der Waals surface area (Å²) in [7, 11) is 0. The average molecular weight is 367 g/mol. The van der Waals surface area contributed by atoms with Crippen LogP contribution in [0.15, 0.2) is 24.3 Å². The number of hydrogen-bond donors (Lipinski definition) is 1. The molecular weight excluding hydrogens is 345 g/mol. The lowest BCUT2D eigenvalue weighted by molar-refractivity contribution is -0.274. The Bertz CT molecular complexity index is 537. The van der Waals surface area contributed by atoms with Crippen LogP contribution in [-0.2, 0) is 11.2 Å². The summed E-state index contributed by atoms with van der Waals surface area (Å²) in [5.41, 5.74) is 6.45. The van der Waals surface area contributed by atoms with Crippen molar-refractivity contribution in [3.05, 3.63) is 29.8 Å². The smallest absolute Gasteiger partial charge is 0.406 e. The number of nitrogens with zero attached hydrogens (tertiary/aromatic N) is 1. The van der Waals surface area contributed by atoms with Gasteiger partial charge < -0.3 is 15.4 Å². The highest BCUT2D eigenvalue weighted by Crippen LogP contribution is 2.25. The number of likely N-dealkylation sites (tertiary alicyclic amines) is 1. The Labute approximate surface area is 145 Å².